The van der Waals surface area contributed by atoms with E-state index in [0.29, 0.717) is 25.7 Å². The molecule has 0 saturated heterocycles. The van der Waals surface area contributed by atoms with E-state index in [0.717, 1.165) is 44.8 Å². The third kappa shape index (κ3) is 4.20. The average molecular weight is 397 g/mol. The summed E-state index contributed by atoms with van der Waals surface area (Å²) in [6.45, 7) is 10.0. The predicted octanol–water partition coefficient (Wildman–Crippen LogP) is 4.13. The maximum absolute atomic E-state index is 6.04. The van der Waals surface area contributed by atoms with Gasteiger partial charge in [-0.05, 0) is 49.1 Å². The first-order valence-corrected chi connectivity index (χ1v) is 10.1. The van der Waals surface area contributed by atoms with E-state index in [2.05, 4.69) is 56.7 Å². The van der Waals surface area contributed by atoms with Crippen molar-refractivity contribution in [3.05, 3.63) is 46.9 Å². The molecule has 6 nitrogen and oxygen atoms in total. The summed E-state index contributed by atoms with van der Waals surface area (Å²) < 4.78 is 13.0. The molecular formula is C23H32N4O2. The topological polar surface area (TPSA) is 75.2 Å². The number of rotatable bonds is 8. The Kier molecular flexibility index (Phi) is 6.67. The standard InChI is InChI=1S/C23H32N4O2/c1-14(2)19-8-7-18(20(10-24)25-19)22-15(3)9-21-23(26-22)16(4)11-27(21)17(12-28-5)13-29-6/h7-9,11,14,17H,10,12-13,24H2,1-6H3. The van der Waals surface area contributed by atoms with Gasteiger partial charge in [-0.15, -0.1) is 0 Å². The Hall–Kier alpha value is -2.28. The average Bonchev–Trinajstić information content (AvgIpc) is 3.02. The van der Waals surface area contributed by atoms with Gasteiger partial charge in [0.2, 0.25) is 0 Å². The summed E-state index contributed by atoms with van der Waals surface area (Å²) in [4.78, 5) is 9.84. The molecule has 156 valence electrons. The molecule has 29 heavy (non-hydrogen) atoms. The number of hydrogen-bond acceptors (Lipinski definition) is 5. The molecule has 0 bridgehead atoms. The number of aromatic nitrogens is 3. The van der Waals surface area contributed by atoms with Crippen LogP contribution in [-0.4, -0.2) is 42.0 Å². The van der Waals surface area contributed by atoms with E-state index < -0.39 is 0 Å². The number of nitrogens with zero attached hydrogens (tertiary/aromatic N) is 3. The highest BCUT2D eigenvalue weighted by Crippen LogP contribution is 2.31. The van der Waals surface area contributed by atoms with E-state index in [1.165, 1.54) is 0 Å². The monoisotopic (exact) mass is 396 g/mol. The highest BCUT2D eigenvalue weighted by molar-refractivity contribution is 5.84. The van der Waals surface area contributed by atoms with Gasteiger partial charge in [-0.3, -0.25) is 4.98 Å². The van der Waals surface area contributed by atoms with Crippen molar-refractivity contribution in [1.29, 1.82) is 0 Å². The Bertz CT molecular complexity index is 988. The third-order valence-corrected chi connectivity index (χ3v) is 5.32. The summed E-state index contributed by atoms with van der Waals surface area (Å²) in [6, 6.07) is 6.48. The lowest BCUT2D eigenvalue weighted by molar-refractivity contribution is 0.0913. The van der Waals surface area contributed by atoms with Crippen LogP contribution in [0.3, 0.4) is 0 Å². The first-order valence-electron chi connectivity index (χ1n) is 10.1. The number of pyridine rings is 2. The van der Waals surface area contributed by atoms with Gasteiger partial charge in [-0.2, -0.15) is 0 Å². The molecule has 0 aliphatic rings. The zero-order valence-corrected chi connectivity index (χ0v) is 18.3. The third-order valence-electron chi connectivity index (χ3n) is 5.32. The van der Waals surface area contributed by atoms with Crippen molar-refractivity contribution in [3.63, 3.8) is 0 Å². The van der Waals surface area contributed by atoms with E-state index in [4.69, 9.17) is 25.2 Å². The van der Waals surface area contributed by atoms with Crippen LogP contribution in [0, 0.1) is 13.8 Å². The lowest BCUT2D eigenvalue weighted by Gasteiger charge is -2.19. The zero-order chi connectivity index (χ0) is 21.1. The van der Waals surface area contributed by atoms with Crippen LogP contribution in [0.1, 0.15) is 48.3 Å². The van der Waals surface area contributed by atoms with Crippen molar-refractivity contribution >= 4 is 11.0 Å². The fourth-order valence-corrected chi connectivity index (χ4v) is 3.80. The molecule has 0 aliphatic carbocycles. The van der Waals surface area contributed by atoms with Gasteiger partial charge in [0.1, 0.15) is 0 Å². The Balaban J connectivity index is 2.15. The first-order chi connectivity index (χ1) is 13.9. The summed E-state index contributed by atoms with van der Waals surface area (Å²) in [7, 11) is 3.43. The number of fused-ring (bicyclic) bond motifs is 1. The second kappa shape index (κ2) is 9.03. The molecule has 0 atom stereocenters. The Morgan fingerprint density at radius 2 is 1.72 bits per heavy atom. The van der Waals surface area contributed by atoms with Gasteiger partial charge < -0.3 is 19.8 Å². The van der Waals surface area contributed by atoms with Gasteiger partial charge in [0.05, 0.1) is 41.7 Å². The molecule has 3 aromatic rings. The van der Waals surface area contributed by atoms with Gasteiger partial charge in [-0.1, -0.05) is 13.8 Å². The van der Waals surface area contributed by atoms with Crippen LogP contribution in [0.5, 0.6) is 0 Å². The summed E-state index contributed by atoms with van der Waals surface area (Å²) in [5, 5.41) is 0. The quantitative estimate of drug-likeness (QED) is 0.620. The van der Waals surface area contributed by atoms with E-state index in [1.807, 2.05) is 0 Å². The molecule has 0 unspecified atom stereocenters. The van der Waals surface area contributed by atoms with Crippen LogP contribution in [0.25, 0.3) is 22.3 Å². The predicted molar refractivity (Wildman–Crippen MR) is 117 cm³/mol. The summed E-state index contributed by atoms with van der Waals surface area (Å²) >= 11 is 0. The van der Waals surface area contributed by atoms with Crippen LogP contribution < -0.4 is 5.73 Å². The number of methoxy groups -OCH3 is 2. The molecule has 0 fully saturated rings. The zero-order valence-electron chi connectivity index (χ0n) is 18.3. The molecule has 3 aromatic heterocycles. The largest absolute Gasteiger partial charge is 0.382 e. The number of nitrogens with two attached hydrogens (primary N) is 1. The van der Waals surface area contributed by atoms with Gasteiger partial charge in [0.25, 0.3) is 0 Å². The Morgan fingerprint density at radius 1 is 1.03 bits per heavy atom. The Morgan fingerprint density at radius 3 is 2.31 bits per heavy atom. The lowest BCUT2D eigenvalue weighted by atomic mass is 10.0. The van der Waals surface area contributed by atoms with Crippen LogP contribution in [0.2, 0.25) is 0 Å². The minimum Gasteiger partial charge on any atom is -0.382 e. The minimum atomic E-state index is 0.0971. The Labute approximate surface area is 173 Å². The first kappa shape index (κ1) is 21.4. The van der Waals surface area contributed by atoms with Crippen molar-refractivity contribution in [2.24, 2.45) is 5.73 Å². The van der Waals surface area contributed by atoms with Crippen molar-refractivity contribution < 1.29 is 9.47 Å². The van der Waals surface area contributed by atoms with E-state index in [9.17, 15) is 0 Å². The number of hydrogen-bond donors (Lipinski definition) is 1. The summed E-state index contributed by atoms with van der Waals surface area (Å²) in [5.74, 6) is 0.362. The van der Waals surface area contributed by atoms with Gasteiger partial charge in [-0.25, -0.2) is 4.98 Å². The minimum absolute atomic E-state index is 0.0971. The summed E-state index contributed by atoms with van der Waals surface area (Å²) in [5.41, 5.74) is 14.2. The normalized spacial score (nSPS) is 11.9. The van der Waals surface area contributed by atoms with Crippen molar-refractivity contribution in [3.8, 4) is 11.3 Å². The molecule has 2 N–H and O–H groups in total. The molecule has 3 heterocycles. The molecule has 0 saturated carbocycles. The smallest absolute Gasteiger partial charge is 0.0917 e. The number of ether oxygens (including phenoxy) is 2. The molecule has 0 aromatic carbocycles. The second-order valence-electron chi connectivity index (χ2n) is 7.89. The fraction of sp³-hybridized carbons (Fsp3) is 0.478. The van der Waals surface area contributed by atoms with E-state index in [-0.39, 0.29) is 6.04 Å². The van der Waals surface area contributed by atoms with Crippen LogP contribution in [-0.2, 0) is 16.0 Å². The van der Waals surface area contributed by atoms with Crippen LogP contribution in [0.15, 0.2) is 24.4 Å². The maximum Gasteiger partial charge on any atom is 0.0917 e. The highest BCUT2D eigenvalue weighted by Gasteiger charge is 2.19. The molecular weight excluding hydrogens is 364 g/mol. The van der Waals surface area contributed by atoms with Crippen molar-refractivity contribution in [1.82, 2.24) is 14.5 Å². The fourth-order valence-electron chi connectivity index (χ4n) is 3.80. The second-order valence-corrected chi connectivity index (χ2v) is 7.89. The summed E-state index contributed by atoms with van der Waals surface area (Å²) in [6.07, 6.45) is 2.13. The highest BCUT2D eigenvalue weighted by atomic mass is 16.5. The molecule has 0 amide bonds. The molecule has 0 radical (unpaired) electrons. The van der Waals surface area contributed by atoms with Crippen molar-refractivity contribution in [2.75, 3.05) is 27.4 Å². The van der Waals surface area contributed by atoms with Gasteiger partial charge in [0, 0.05) is 38.2 Å². The number of aryl methyl sites for hydroxylation is 2. The van der Waals surface area contributed by atoms with Crippen LogP contribution >= 0.6 is 0 Å². The molecule has 6 heteroatoms. The van der Waals surface area contributed by atoms with Crippen molar-refractivity contribution in [2.45, 2.75) is 46.2 Å². The van der Waals surface area contributed by atoms with Crippen LogP contribution in [0.4, 0.5) is 0 Å². The van der Waals surface area contributed by atoms with E-state index in [1.54, 1.807) is 14.2 Å². The molecule has 3 rings (SSSR count). The van der Waals surface area contributed by atoms with Gasteiger partial charge in [0.15, 0.2) is 0 Å². The maximum atomic E-state index is 6.04. The van der Waals surface area contributed by atoms with Gasteiger partial charge >= 0.3 is 0 Å². The molecule has 0 aliphatic heterocycles. The SMILES string of the molecule is COCC(COC)n1cc(C)c2nc(-c3ccc(C(C)C)nc3CN)c(C)cc21. The lowest BCUT2D eigenvalue weighted by Crippen LogP contribution is -2.19. The molecule has 0 spiro atoms. The van der Waals surface area contributed by atoms with E-state index >= 15 is 0 Å².